The van der Waals surface area contributed by atoms with E-state index in [1.165, 1.54) is 0 Å². The highest BCUT2D eigenvalue weighted by Gasteiger charge is 2.11. The molecule has 2 aromatic carbocycles. The van der Waals surface area contributed by atoms with E-state index in [-0.39, 0.29) is 12.4 Å². The lowest BCUT2D eigenvalue weighted by Gasteiger charge is -2.23. The highest BCUT2D eigenvalue weighted by atomic mass is 16.5. The van der Waals surface area contributed by atoms with Crippen molar-refractivity contribution in [3.63, 3.8) is 0 Å². The summed E-state index contributed by atoms with van der Waals surface area (Å²) < 4.78 is 5.26. The molecule has 5 heteroatoms. The topological polar surface area (TPSA) is 70.4 Å². The van der Waals surface area contributed by atoms with Crippen LogP contribution in [0.4, 0.5) is 5.69 Å². The molecule has 0 aliphatic carbocycles. The maximum atomic E-state index is 12.0. The molecule has 0 amide bonds. The molecule has 5 nitrogen and oxygen atoms in total. The lowest BCUT2D eigenvalue weighted by molar-refractivity contribution is -0.134. The number of carbonyl (C=O) groups excluding carboxylic acids is 2. The molecule has 0 fully saturated rings. The number of hydrogen-bond donors (Lipinski definition) is 0. The summed E-state index contributed by atoms with van der Waals surface area (Å²) in [5.41, 5.74) is 1.45. The van der Waals surface area contributed by atoms with Gasteiger partial charge in [0.25, 0.3) is 0 Å². The van der Waals surface area contributed by atoms with Crippen molar-refractivity contribution >= 4 is 17.9 Å². The number of benzene rings is 2. The highest BCUT2D eigenvalue weighted by Crippen LogP contribution is 2.16. The van der Waals surface area contributed by atoms with E-state index in [1.54, 1.807) is 36.4 Å². The Labute approximate surface area is 141 Å². The molecule has 2 aromatic rings. The van der Waals surface area contributed by atoms with E-state index in [0.29, 0.717) is 30.8 Å². The molecule has 0 atom stereocenters. The molecule has 0 saturated heterocycles. The first-order valence-corrected chi connectivity index (χ1v) is 7.66. The Bertz CT molecular complexity index is 706. The molecule has 0 radical (unpaired) electrons. The standard InChI is InChI=1S/C19H18N2O3/c20-12-4-13-21(17-9-7-16(15-22)8-10-17)14-11-19(23)24-18-5-2-1-3-6-18/h1-3,5-10,15H,4,11,13-14H2. The Kier molecular flexibility index (Phi) is 6.54. The summed E-state index contributed by atoms with van der Waals surface area (Å²) in [6, 6.07) is 18.1. The minimum absolute atomic E-state index is 0.204. The van der Waals surface area contributed by atoms with E-state index in [0.717, 1.165) is 12.0 Å². The van der Waals surface area contributed by atoms with Crippen molar-refractivity contribution in [1.82, 2.24) is 0 Å². The Morgan fingerprint density at radius 3 is 2.42 bits per heavy atom. The number of nitriles is 1. The van der Waals surface area contributed by atoms with Gasteiger partial charge in [0.05, 0.1) is 18.9 Å². The SMILES string of the molecule is N#CCCN(CCC(=O)Oc1ccccc1)c1ccc(C=O)cc1. The van der Waals surface area contributed by atoms with Gasteiger partial charge in [-0.25, -0.2) is 0 Å². The van der Waals surface area contributed by atoms with E-state index < -0.39 is 0 Å². The van der Waals surface area contributed by atoms with E-state index in [1.807, 2.05) is 23.1 Å². The third kappa shape index (κ3) is 5.25. The summed E-state index contributed by atoms with van der Waals surface area (Å²) in [5.74, 6) is 0.189. The number of hydrogen-bond acceptors (Lipinski definition) is 5. The molecule has 0 spiro atoms. The van der Waals surface area contributed by atoms with Gasteiger partial charge in [-0.15, -0.1) is 0 Å². The first kappa shape index (κ1) is 17.2. The zero-order valence-corrected chi connectivity index (χ0v) is 13.2. The number of esters is 1. The number of carbonyl (C=O) groups is 2. The molecular formula is C19H18N2O3. The van der Waals surface area contributed by atoms with Crippen LogP contribution in [0.15, 0.2) is 54.6 Å². The van der Waals surface area contributed by atoms with Gasteiger partial charge in [0.2, 0.25) is 0 Å². The molecule has 24 heavy (non-hydrogen) atoms. The lowest BCUT2D eigenvalue weighted by atomic mass is 10.2. The second kappa shape index (κ2) is 9.11. The van der Waals surface area contributed by atoms with Crippen LogP contribution in [-0.2, 0) is 4.79 Å². The van der Waals surface area contributed by atoms with E-state index >= 15 is 0 Å². The molecular weight excluding hydrogens is 304 g/mol. The largest absolute Gasteiger partial charge is 0.426 e. The maximum Gasteiger partial charge on any atom is 0.312 e. The van der Waals surface area contributed by atoms with Crippen molar-refractivity contribution in [3.05, 3.63) is 60.2 Å². The van der Waals surface area contributed by atoms with Crippen molar-refractivity contribution < 1.29 is 14.3 Å². The number of anilines is 1. The Morgan fingerprint density at radius 1 is 1.08 bits per heavy atom. The maximum absolute atomic E-state index is 12.0. The molecule has 0 bridgehead atoms. The van der Waals surface area contributed by atoms with Gasteiger partial charge in [-0.1, -0.05) is 18.2 Å². The summed E-state index contributed by atoms with van der Waals surface area (Å²) in [5, 5.41) is 8.80. The van der Waals surface area contributed by atoms with Crippen molar-refractivity contribution in [1.29, 1.82) is 5.26 Å². The first-order valence-electron chi connectivity index (χ1n) is 7.66. The second-order valence-electron chi connectivity index (χ2n) is 5.14. The van der Waals surface area contributed by atoms with Crippen LogP contribution in [0.3, 0.4) is 0 Å². The fourth-order valence-corrected chi connectivity index (χ4v) is 2.22. The van der Waals surface area contributed by atoms with Crippen molar-refractivity contribution in [3.8, 4) is 11.8 Å². The average molecular weight is 322 g/mol. The van der Waals surface area contributed by atoms with Crippen molar-refractivity contribution in [2.75, 3.05) is 18.0 Å². The molecule has 122 valence electrons. The molecule has 0 N–H and O–H groups in total. The van der Waals surface area contributed by atoms with Crippen molar-refractivity contribution in [2.24, 2.45) is 0 Å². The van der Waals surface area contributed by atoms with Crippen LogP contribution < -0.4 is 9.64 Å². The molecule has 0 heterocycles. The zero-order chi connectivity index (χ0) is 17.2. The van der Waals surface area contributed by atoms with Gasteiger partial charge in [0, 0.05) is 24.3 Å². The number of aldehydes is 1. The average Bonchev–Trinajstić information content (AvgIpc) is 2.63. The fourth-order valence-electron chi connectivity index (χ4n) is 2.22. The fraction of sp³-hybridized carbons (Fsp3) is 0.211. The Balaban J connectivity index is 1.96. The normalized spacial score (nSPS) is 9.79. The van der Waals surface area contributed by atoms with E-state index in [2.05, 4.69) is 6.07 Å². The van der Waals surface area contributed by atoms with Gasteiger partial charge in [0.1, 0.15) is 12.0 Å². The Hall–Kier alpha value is -3.13. The summed E-state index contributed by atoms with van der Waals surface area (Å²) in [6.45, 7) is 0.948. The smallest absolute Gasteiger partial charge is 0.312 e. The minimum Gasteiger partial charge on any atom is -0.426 e. The molecule has 2 rings (SSSR count). The minimum atomic E-state index is -0.326. The van der Waals surface area contributed by atoms with Crippen LogP contribution in [0.1, 0.15) is 23.2 Å². The zero-order valence-electron chi connectivity index (χ0n) is 13.2. The van der Waals surface area contributed by atoms with Gasteiger partial charge in [0.15, 0.2) is 0 Å². The Morgan fingerprint density at radius 2 is 1.79 bits per heavy atom. The van der Waals surface area contributed by atoms with Gasteiger partial charge >= 0.3 is 5.97 Å². The second-order valence-corrected chi connectivity index (χ2v) is 5.14. The third-order valence-corrected chi connectivity index (χ3v) is 3.45. The predicted octanol–water partition coefficient (Wildman–Crippen LogP) is 3.21. The van der Waals surface area contributed by atoms with Gasteiger partial charge in [-0.05, 0) is 36.4 Å². The number of rotatable bonds is 8. The highest BCUT2D eigenvalue weighted by molar-refractivity contribution is 5.76. The van der Waals surface area contributed by atoms with Crippen LogP contribution in [0.5, 0.6) is 5.75 Å². The summed E-state index contributed by atoms with van der Waals surface area (Å²) in [7, 11) is 0. The number of nitrogens with zero attached hydrogens (tertiary/aromatic N) is 2. The monoisotopic (exact) mass is 322 g/mol. The van der Waals surface area contributed by atoms with Crippen LogP contribution in [0.25, 0.3) is 0 Å². The first-order chi connectivity index (χ1) is 11.7. The van der Waals surface area contributed by atoms with Crippen LogP contribution in [0.2, 0.25) is 0 Å². The van der Waals surface area contributed by atoms with E-state index in [4.69, 9.17) is 10.00 Å². The number of para-hydroxylation sites is 1. The third-order valence-electron chi connectivity index (χ3n) is 3.45. The molecule has 0 unspecified atom stereocenters. The molecule has 0 aromatic heterocycles. The summed E-state index contributed by atoms with van der Waals surface area (Å²) in [4.78, 5) is 24.6. The van der Waals surface area contributed by atoms with Gasteiger partial charge < -0.3 is 9.64 Å². The lowest BCUT2D eigenvalue weighted by Crippen LogP contribution is -2.28. The van der Waals surface area contributed by atoms with Gasteiger partial charge in [-0.2, -0.15) is 5.26 Å². The van der Waals surface area contributed by atoms with E-state index in [9.17, 15) is 9.59 Å². The van der Waals surface area contributed by atoms with Gasteiger partial charge in [-0.3, -0.25) is 9.59 Å². The number of ether oxygens (including phenoxy) is 1. The predicted molar refractivity (Wildman–Crippen MR) is 91.0 cm³/mol. The molecule has 0 aliphatic rings. The van der Waals surface area contributed by atoms with Crippen molar-refractivity contribution in [2.45, 2.75) is 12.8 Å². The van der Waals surface area contributed by atoms with Crippen LogP contribution in [0, 0.1) is 11.3 Å². The van der Waals surface area contributed by atoms with Crippen LogP contribution in [-0.4, -0.2) is 25.3 Å². The summed E-state index contributed by atoms with van der Waals surface area (Å²) in [6.07, 6.45) is 1.33. The molecule has 0 aliphatic heterocycles. The van der Waals surface area contributed by atoms with Crippen LogP contribution >= 0.6 is 0 Å². The molecule has 0 saturated carbocycles. The quantitative estimate of drug-likeness (QED) is 0.424. The summed E-state index contributed by atoms with van der Waals surface area (Å²) >= 11 is 0.